The maximum absolute atomic E-state index is 9.64. The van der Waals surface area contributed by atoms with E-state index in [2.05, 4.69) is 15.0 Å². The molecule has 8 rings (SSSR count). The lowest BCUT2D eigenvalue weighted by Crippen LogP contribution is -2.00. The van der Waals surface area contributed by atoms with Crippen LogP contribution in [0.25, 0.3) is 77.6 Å². The predicted molar refractivity (Wildman–Crippen MR) is 174 cm³/mol. The van der Waals surface area contributed by atoms with E-state index in [1.54, 1.807) is 30.3 Å². The van der Waals surface area contributed by atoms with Crippen LogP contribution < -0.4 is 0 Å². The fourth-order valence-electron chi connectivity index (χ4n) is 4.51. The summed E-state index contributed by atoms with van der Waals surface area (Å²) in [5, 5.41) is -2.25. The molecule has 0 aliphatic rings. The monoisotopic (exact) mass is 555 g/mol. The van der Waals surface area contributed by atoms with Gasteiger partial charge in [0.25, 0.3) is 0 Å². The molecule has 3 heteroatoms. The van der Waals surface area contributed by atoms with Gasteiger partial charge in [-0.2, -0.15) is 0 Å². The summed E-state index contributed by atoms with van der Waals surface area (Å²) in [5.74, 6) is -1.25. The van der Waals surface area contributed by atoms with E-state index in [1.807, 2.05) is 0 Å². The van der Waals surface area contributed by atoms with Crippen LogP contribution in [0.1, 0.15) is 27.4 Å². The molecule has 0 atom stereocenters. The molecule has 0 radical (unpaired) electrons. The van der Waals surface area contributed by atoms with Crippen molar-refractivity contribution in [3.8, 4) is 45.3 Å². The molecule has 0 fully saturated rings. The van der Waals surface area contributed by atoms with Gasteiger partial charge in [0.2, 0.25) is 0 Å². The molecule has 0 unspecified atom stereocenters. The second-order valence-corrected chi connectivity index (χ2v) is 8.92. The zero-order valence-corrected chi connectivity index (χ0v) is 21.2. The number of benzene rings is 7. The Bertz CT molecular complexity index is 3260. The van der Waals surface area contributed by atoms with Gasteiger partial charge in [0.05, 0.1) is 27.4 Å². The predicted octanol–water partition coefficient (Wildman–Crippen LogP) is 10.00. The molecule has 42 heavy (non-hydrogen) atoms. The van der Waals surface area contributed by atoms with Crippen LogP contribution in [0.5, 0.6) is 0 Å². The summed E-state index contributed by atoms with van der Waals surface area (Å²) in [6.07, 6.45) is 0. The third-order valence-electron chi connectivity index (χ3n) is 6.43. The average Bonchev–Trinajstić information content (AvgIpc) is 3.26. The summed E-state index contributed by atoms with van der Waals surface area (Å²) >= 11 is 0. The first-order valence-electron chi connectivity index (χ1n) is 22.5. The van der Waals surface area contributed by atoms with Crippen molar-refractivity contribution in [2.45, 2.75) is 0 Å². The smallest absolute Gasteiger partial charge is 0.164 e. The quantitative estimate of drug-likeness (QED) is 0.203. The van der Waals surface area contributed by atoms with Gasteiger partial charge in [0, 0.05) is 16.7 Å². The van der Waals surface area contributed by atoms with Crippen molar-refractivity contribution in [3.05, 3.63) is 151 Å². The number of hydrogen-bond donors (Lipinski definition) is 0. The standard InChI is InChI=1S/C39H25N3/c1-3-11-26(12-4-1)27-19-21-29(22-20-27)38-40-37(28-13-5-2-6-14-28)41-39(42-38)30-23-24-35-33-17-8-7-15-31(33)32-16-9-10-18-34(32)36(35)25-30/h1-25H/i1D,3D,4D,7D,8D,9D,10D,11D,12D,15D,16D,17D,18D,19D,20D,21D,22D,23D,24D,25D. The first-order valence-corrected chi connectivity index (χ1v) is 12.5. The summed E-state index contributed by atoms with van der Waals surface area (Å²) in [4.78, 5) is 13.4. The Hall–Kier alpha value is -5.67. The minimum Gasteiger partial charge on any atom is -0.208 e. The highest BCUT2D eigenvalue weighted by atomic mass is 15.0. The Kier molecular flexibility index (Phi) is 2.71. The van der Waals surface area contributed by atoms with Gasteiger partial charge in [0.1, 0.15) is 0 Å². The van der Waals surface area contributed by atoms with E-state index in [4.69, 9.17) is 23.3 Å². The first-order chi connectivity index (χ1) is 29.1. The normalized spacial score (nSPS) is 18.0. The van der Waals surface area contributed by atoms with Gasteiger partial charge >= 0.3 is 0 Å². The molecule has 1 heterocycles. The molecule has 0 amide bonds. The average molecular weight is 556 g/mol. The lowest BCUT2D eigenvalue weighted by Gasteiger charge is -2.12. The number of nitrogens with zero attached hydrogens (tertiary/aromatic N) is 3. The Morgan fingerprint density at radius 3 is 1.38 bits per heavy atom. The van der Waals surface area contributed by atoms with Crippen molar-refractivity contribution in [1.29, 1.82) is 0 Å². The topological polar surface area (TPSA) is 38.7 Å². The van der Waals surface area contributed by atoms with E-state index in [0.717, 1.165) is 0 Å². The highest BCUT2D eigenvalue weighted by molar-refractivity contribution is 6.25. The van der Waals surface area contributed by atoms with E-state index in [-0.39, 0.29) is 32.8 Å². The second-order valence-electron chi connectivity index (χ2n) is 8.92. The van der Waals surface area contributed by atoms with Gasteiger partial charge in [0.15, 0.2) is 17.5 Å². The molecule has 196 valence electrons. The second kappa shape index (κ2) is 10.1. The van der Waals surface area contributed by atoms with Crippen molar-refractivity contribution in [2.75, 3.05) is 0 Å². The van der Waals surface area contributed by atoms with E-state index >= 15 is 0 Å². The van der Waals surface area contributed by atoms with Gasteiger partial charge in [-0.3, -0.25) is 0 Å². The van der Waals surface area contributed by atoms with Crippen LogP contribution >= 0.6 is 0 Å². The van der Waals surface area contributed by atoms with Gasteiger partial charge < -0.3 is 0 Å². The lowest BCUT2D eigenvalue weighted by atomic mass is 9.93. The van der Waals surface area contributed by atoms with Gasteiger partial charge in [-0.25, -0.2) is 15.0 Å². The molecular formula is C39H25N3. The Morgan fingerprint density at radius 2 is 0.762 bits per heavy atom. The van der Waals surface area contributed by atoms with E-state index < -0.39 is 160 Å². The van der Waals surface area contributed by atoms with E-state index in [0.29, 0.717) is 5.56 Å². The maximum Gasteiger partial charge on any atom is 0.164 e. The van der Waals surface area contributed by atoms with Crippen LogP contribution in [-0.2, 0) is 0 Å². The Balaban J connectivity index is 1.53. The lowest BCUT2D eigenvalue weighted by molar-refractivity contribution is 1.07. The molecule has 1 aromatic heterocycles. The molecule has 7 aromatic carbocycles. The summed E-state index contributed by atoms with van der Waals surface area (Å²) in [6.45, 7) is 0. The molecule has 0 saturated heterocycles. The van der Waals surface area contributed by atoms with Crippen molar-refractivity contribution in [1.82, 2.24) is 15.0 Å². The zero-order chi connectivity index (χ0) is 45.3. The molecule has 0 saturated carbocycles. The molecule has 0 aliphatic carbocycles. The van der Waals surface area contributed by atoms with Crippen LogP contribution in [0.4, 0.5) is 0 Å². The zero-order valence-electron chi connectivity index (χ0n) is 41.2. The minimum atomic E-state index is -0.818. The van der Waals surface area contributed by atoms with Crippen molar-refractivity contribution >= 4 is 32.3 Å². The molecular weight excluding hydrogens is 510 g/mol. The first kappa shape index (κ1) is 11.3. The third kappa shape index (κ3) is 4.20. The summed E-state index contributed by atoms with van der Waals surface area (Å²) < 4.78 is 175. The van der Waals surface area contributed by atoms with Crippen LogP contribution in [0.2, 0.25) is 0 Å². The number of aromatic nitrogens is 3. The van der Waals surface area contributed by atoms with Crippen molar-refractivity contribution in [2.24, 2.45) is 0 Å². The molecule has 0 N–H and O–H groups in total. The highest BCUT2D eigenvalue weighted by Gasteiger charge is 2.15. The summed E-state index contributed by atoms with van der Waals surface area (Å²) in [6, 6.07) is -6.89. The van der Waals surface area contributed by atoms with E-state index in [1.165, 1.54) is 0 Å². The molecule has 0 bridgehead atoms. The van der Waals surface area contributed by atoms with Gasteiger partial charge in [-0.1, -0.05) is 145 Å². The Morgan fingerprint density at radius 1 is 0.333 bits per heavy atom. The maximum atomic E-state index is 9.64. The van der Waals surface area contributed by atoms with Crippen molar-refractivity contribution < 1.29 is 27.4 Å². The third-order valence-corrected chi connectivity index (χ3v) is 6.43. The fraction of sp³-hybridized carbons (Fsp3) is 0. The van der Waals surface area contributed by atoms with Gasteiger partial charge in [-0.05, 0) is 49.5 Å². The summed E-state index contributed by atoms with van der Waals surface area (Å²) in [7, 11) is 0. The van der Waals surface area contributed by atoms with Crippen molar-refractivity contribution in [3.63, 3.8) is 0 Å². The van der Waals surface area contributed by atoms with Gasteiger partial charge in [-0.15, -0.1) is 0 Å². The highest BCUT2D eigenvalue weighted by Crippen LogP contribution is 2.37. The van der Waals surface area contributed by atoms with Crippen LogP contribution in [0, 0.1) is 0 Å². The molecule has 0 spiro atoms. The molecule has 0 aliphatic heterocycles. The largest absolute Gasteiger partial charge is 0.208 e. The number of rotatable bonds is 4. The minimum absolute atomic E-state index is 0.179. The number of hydrogen-bond acceptors (Lipinski definition) is 3. The van der Waals surface area contributed by atoms with Crippen LogP contribution in [0.3, 0.4) is 0 Å². The Labute approximate surface area is 271 Å². The molecule has 3 nitrogen and oxygen atoms in total. The van der Waals surface area contributed by atoms with Crippen LogP contribution in [0.15, 0.2) is 151 Å². The fourth-order valence-corrected chi connectivity index (χ4v) is 4.51. The van der Waals surface area contributed by atoms with Crippen LogP contribution in [-0.4, -0.2) is 15.0 Å². The summed E-state index contributed by atoms with van der Waals surface area (Å²) in [5.41, 5.74) is -1.96. The number of fused-ring (bicyclic) bond motifs is 6. The SMILES string of the molecule is [2H]c1c([2H])c([2H])c(-c2c([2H])c([2H])c(-c3nc(-c4ccccc4)nc(-c4c([2H])c([2H])c5c6c([2H])c([2H])c([2H])c([2H])c6c6c([2H])c([2H])c([2H])c([2H])c6c5c4[2H])n3)c([2H])c2[2H])c([2H])c1[2H]. The van der Waals surface area contributed by atoms with E-state index in [9.17, 15) is 4.11 Å². The molecule has 8 aromatic rings.